The predicted octanol–water partition coefficient (Wildman–Crippen LogP) is 3.40. The second-order valence-corrected chi connectivity index (χ2v) is 5.35. The lowest BCUT2D eigenvalue weighted by molar-refractivity contribution is 0.175. The molecule has 0 saturated carbocycles. The van der Waals surface area contributed by atoms with Crippen LogP contribution >= 0.6 is 23.2 Å². The van der Waals surface area contributed by atoms with E-state index < -0.39 is 6.10 Å². The fourth-order valence-electron chi connectivity index (χ4n) is 1.93. The van der Waals surface area contributed by atoms with Gasteiger partial charge in [0.15, 0.2) is 0 Å². The van der Waals surface area contributed by atoms with Crippen molar-refractivity contribution >= 4 is 28.9 Å². The second kappa shape index (κ2) is 6.95. The van der Waals surface area contributed by atoms with Gasteiger partial charge in [-0.1, -0.05) is 47.5 Å². The summed E-state index contributed by atoms with van der Waals surface area (Å²) in [6, 6.07) is 12.6. The zero-order valence-corrected chi connectivity index (χ0v) is 12.3. The Kier molecular flexibility index (Phi) is 5.26. The first kappa shape index (κ1) is 15.1. The molecule has 0 bridgehead atoms. The van der Waals surface area contributed by atoms with Crippen molar-refractivity contribution < 1.29 is 5.11 Å². The van der Waals surface area contributed by atoms with Gasteiger partial charge in [-0.25, -0.2) is 0 Å². The molecule has 0 spiro atoms. The van der Waals surface area contributed by atoms with E-state index in [1.165, 1.54) is 0 Å². The Morgan fingerprint density at radius 1 is 1.15 bits per heavy atom. The van der Waals surface area contributed by atoms with Crippen molar-refractivity contribution in [1.82, 2.24) is 5.32 Å². The van der Waals surface area contributed by atoms with Gasteiger partial charge in [0, 0.05) is 34.4 Å². The molecule has 0 radical (unpaired) electrons. The minimum absolute atomic E-state index is 0.396. The van der Waals surface area contributed by atoms with Crippen LogP contribution in [0.4, 0.5) is 5.69 Å². The highest BCUT2D eigenvalue weighted by atomic mass is 35.5. The Morgan fingerprint density at radius 3 is 2.60 bits per heavy atom. The molecular weight excluding hydrogens is 295 g/mol. The normalized spacial score (nSPS) is 12.3. The maximum absolute atomic E-state index is 10.1. The molecular formula is C15H16Cl2N2O. The van der Waals surface area contributed by atoms with Gasteiger partial charge in [-0.05, 0) is 23.8 Å². The molecule has 0 aliphatic carbocycles. The zero-order chi connectivity index (χ0) is 14.5. The smallest absolute Gasteiger partial charge is 0.0934 e. The Bertz CT molecular complexity index is 590. The number of aliphatic hydroxyl groups is 1. The van der Waals surface area contributed by atoms with E-state index in [2.05, 4.69) is 5.32 Å². The van der Waals surface area contributed by atoms with Crippen molar-refractivity contribution in [3.8, 4) is 0 Å². The van der Waals surface area contributed by atoms with Gasteiger partial charge in [-0.2, -0.15) is 0 Å². The van der Waals surface area contributed by atoms with Crippen LogP contribution in [0, 0.1) is 0 Å². The molecule has 3 nitrogen and oxygen atoms in total. The van der Waals surface area contributed by atoms with Crippen molar-refractivity contribution in [3.05, 3.63) is 63.6 Å². The van der Waals surface area contributed by atoms with E-state index in [4.69, 9.17) is 28.9 Å². The van der Waals surface area contributed by atoms with Gasteiger partial charge >= 0.3 is 0 Å². The monoisotopic (exact) mass is 310 g/mol. The molecule has 2 aromatic carbocycles. The lowest BCUT2D eigenvalue weighted by Gasteiger charge is -2.14. The number of nitrogens with one attached hydrogen (secondary N) is 1. The van der Waals surface area contributed by atoms with E-state index in [1.807, 2.05) is 24.3 Å². The molecule has 106 valence electrons. The largest absolute Gasteiger partial charge is 0.398 e. The first-order valence-corrected chi connectivity index (χ1v) is 7.00. The number of anilines is 1. The SMILES string of the molecule is Nc1ccccc1[C@H](O)CNCc1ccc(Cl)cc1Cl. The standard InChI is InChI=1S/C15H16Cl2N2O/c16-11-6-5-10(13(17)7-11)8-19-9-15(20)12-3-1-2-4-14(12)18/h1-7,15,19-20H,8-9,18H2/t15-/m1/s1. The van der Waals surface area contributed by atoms with Crippen LogP contribution in [0.1, 0.15) is 17.2 Å². The number of rotatable bonds is 5. The second-order valence-electron chi connectivity index (χ2n) is 4.51. The van der Waals surface area contributed by atoms with Gasteiger partial charge in [0.25, 0.3) is 0 Å². The average Bonchev–Trinajstić information content (AvgIpc) is 2.41. The summed E-state index contributed by atoms with van der Waals surface area (Å²) >= 11 is 11.9. The number of aliphatic hydroxyl groups excluding tert-OH is 1. The van der Waals surface area contributed by atoms with E-state index in [0.717, 1.165) is 11.1 Å². The van der Waals surface area contributed by atoms with Crippen LogP contribution in [0.2, 0.25) is 10.0 Å². The summed E-state index contributed by atoms with van der Waals surface area (Å²) in [5, 5.41) is 14.5. The van der Waals surface area contributed by atoms with Crippen LogP contribution < -0.4 is 11.1 Å². The number of nitrogen functional groups attached to an aromatic ring is 1. The number of nitrogens with two attached hydrogens (primary N) is 1. The van der Waals surface area contributed by atoms with Crippen LogP contribution in [-0.4, -0.2) is 11.7 Å². The maximum Gasteiger partial charge on any atom is 0.0934 e. The summed E-state index contributed by atoms with van der Waals surface area (Å²) in [5.41, 5.74) is 8.07. The van der Waals surface area contributed by atoms with Crippen molar-refractivity contribution in [3.63, 3.8) is 0 Å². The molecule has 0 amide bonds. The summed E-state index contributed by atoms with van der Waals surface area (Å²) in [6.07, 6.45) is -0.651. The zero-order valence-electron chi connectivity index (χ0n) is 10.8. The number of benzene rings is 2. The Balaban J connectivity index is 1.91. The molecule has 5 heteroatoms. The summed E-state index contributed by atoms with van der Waals surface area (Å²) in [5.74, 6) is 0. The van der Waals surface area contributed by atoms with Gasteiger partial charge in [0.05, 0.1) is 6.10 Å². The molecule has 0 fully saturated rings. The van der Waals surface area contributed by atoms with Crippen molar-refractivity contribution in [2.75, 3.05) is 12.3 Å². The van der Waals surface area contributed by atoms with Crippen LogP contribution in [0.3, 0.4) is 0 Å². The fourth-order valence-corrected chi connectivity index (χ4v) is 2.41. The Morgan fingerprint density at radius 2 is 1.90 bits per heavy atom. The molecule has 0 aliphatic heterocycles. The topological polar surface area (TPSA) is 58.3 Å². The van der Waals surface area contributed by atoms with Crippen molar-refractivity contribution in [1.29, 1.82) is 0 Å². The van der Waals surface area contributed by atoms with E-state index in [1.54, 1.807) is 18.2 Å². The molecule has 4 N–H and O–H groups in total. The molecule has 1 atom stereocenters. The predicted molar refractivity (Wildman–Crippen MR) is 84.0 cm³/mol. The summed E-state index contributed by atoms with van der Waals surface area (Å²) in [4.78, 5) is 0. The highest BCUT2D eigenvalue weighted by molar-refractivity contribution is 6.35. The van der Waals surface area contributed by atoms with Crippen molar-refractivity contribution in [2.45, 2.75) is 12.6 Å². The molecule has 20 heavy (non-hydrogen) atoms. The van der Waals surface area contributed by atoms with Gasteiger partial charge in [-0.3, -0.25) is 0 Å². The van der Waals surface area contributed by atoms with Crippen LogP contribution in [0.25, 0.3) is 0 Å². The first-order valence-electron chi connectivity index (χ1n) is 6.25. The molecule has 0 unspecified atom stereocenters. The minimum Gasteiger partial charge on any atom is -0.398 e. The third-order valence-corrected chi connectivity index (χ3v) is 3.61. The summed E-state index contributed by atoms with van der Waals surface area (Å²) in [7, 11) is 0. The molecule has 0 aliphatic rings. The number of hydrogen-bond donors (Lipinski definition) is 3. The quantitative estimate of drug-likeness (QED) is 0.742. The number of hydrogen-bond acceptors (Lipinski definition) is 3. The highest BCUT2D eigenvalue weighted by Gasteiger charge is 2.10. The van der Waals surface area contributed by atoms with Crippen LogP contribution in [-0.2, 0) is 6.54 Å². The van der Waals surface area contributed by atoms with Gasteiger partial charge < -0.3 is 16.2 Å². The number of halogens is 2. The molecule has 0 aromatic heterocycles. The Labute approximate surface area is 128 Å². The van der Waals surface area contributed by atoms with Gasteiger partial charge in [-0.15, -0.1) is 0 Å². The third-order valence-electron chi connectivity index (χ3n) is 3.02. The van der Waals surface area contributed by atoms with E-state index in [9.17, 15) is 5.11 Å². The van der Waals surface area contributed by atoms with Gasteiger partial charge in [0.1, 0.15) is 0 Å². The Hall–Kier alpha value is -1.26. The summed E-state index contributed by atoms with van der Waals surface area (Å²) in [6.45, 7) is 0.951. The number of para-hydroxylation sites is 1. The average molecular weight is 311 g/mol. The highest BCUT2D eigenvalue weighted by Crippen LogP contribution is 2.22. The van der Waals surface area contributed by atoms with Gasteiger partial charge in [0.2, 0.25) is 0 Å². The maximum atomic E-state index is 10.1. The van der Waals surface area contributed by atoms with Crippen LogP contribution in [0.5, 0.6) is 0 Å². The molecule has 0 saturated heterocycles. The molecule has 2 rings (SSSR count). The van der Waals surface area contributed by atoms with E-state index in [-0.39, 0.29) is 0 Å². The van der Waals surface area contributed by atoms with Crippen LogP contribution in [0.15, 0.2) is 42.5 Å². The minimum atomic E-state index is -0.651. The van der Waals surface area contributed by atoms with E-state index >= 15 is 0 Å². The lowest BCUT2D eigenvalue weighted by atomic mass is 10.1. The molecule has 0 heterocycles. The fraction of sp³-hybridized carbons (Fsp3) is 0.200. The third kappa shape index (κ3) is 3.87. The lowest BCUT2D eigenvalue weighted by Crippen LogP contribution is -2.21. The van der Waals surface area contributed by atoms with Crippen molar-refractivity contribution in [2.24, 2.45) is 0 Å². The van der Waals surface area contributed by atoms with E-state index in [0.29, 0.717) is 28.8 Å². The first-order chi connectivity index (χ1) is 9.58. The summed E-state index contributed by atoms with van der Waals surface area (Å²) < 4.78 is 0. The molecule has 2 aromatic rings.